The lowest BCUT2D eigenvalue weighted by molar-refractivity contribution is 0.511. The molecule has 0 saturated heterocycles. The Morgan fingerprint density at radius 2 is 1.87 bits per heavy atom. The van der Waals surface area contributed by atoms with Gasteiger partial charge in [-0.2, -0.15) is 0 Å². The highest BCUT2D eigenvalue weighted by atomic mass is 79.9. The van der Waals surface area contributed by atoms with Crippen LogP contribution in [-0.2, 0) is 6.54 Å². The van der Waals surface area contributed by atoms with Crippen LogP contribution >= 0.6 is 15.9 Å². The van der Waals surface area contributed by atoms with Crippen molar-refractivity contribution in [1.82, 2.24) is 5.32 Å². The Morgan fingerprint density at radius 1 is 1.09 bits per heavy atom. The highest BCUT2D eigenvalue weighted by molar-refractivity contribution is 9.10. The first-order chi connectivity index (χ1) is 11.2. The number of unbranched alkanes of at least 4 members (excludes halogenated alkanes) is 1. The number of halogens is 1. The fraction of sp³-hybridized carbons (Fsp3) is 0.300. The zero-order chi connectivity index (χ0) is 16.2. The molecule has 3 heteroatoms. The Balaban J connectivity index is 2.03. The van der Waals surface area contributed by atoms with E-state index in [-0.39, 0.29) is 0 Å². The number of nitrogens with one attached hydrogen (secondary N) is 1. The molecule has 1 heterocycles. The average molecular weight is 372 g/mol. The minimum absolute atomic E-state index is 0.763. The molecule has 1 aromatic heterocycles. The number of rotatable bonds is 6. The van der Waals surface area contributed by atoms with Crippen LogP contribution in [0.4, 0.5) is 0 Å². The average Bonchev–Trinajstić information content (AvgIpc) is 2.90. The summed E-state index contributed by atoms with van der Waals surface area (Å²) in [6, 6.07) is 14.8. The van der Waals surface area contributed by atoms with Crippen LogP contribution in [0, 0.1) is 6.92 Å². The van der Waals surface area contributed by atoms with E-state index in [1.165, 1.54) is 34.9 Å². The van der Waals surface area contributed by atoms with Gasteiger partial charge in [-0.1, -0.05) is 53.0 Å². The molecule has 0 atom stereocenters. The van der Waals surface area contributed by atoms with Gasteiger partial charge in [0.2, 0.25) is 0 Å². The summed E-state index contributed by atoms with van der Waals surface area (Å²) >= 11 is 3.51. The van der Waals surface area contributed by atoms with Crippen molar-refractivity contribution in [3.05, 3.63) is 58.3 Å². The van der Waals surface area contributed by atoms with Gasteiger partial charge in [-0.3, -0.25) is 0 Å². The molecule has 0 aliphatic carbocycles. The summed E-state index contributed by atoms with van der Waals surface area (Å²) in [5.41, 5.74) is 4.62. The second-order valence-corrected chi connectivity index (χ2v) is 6.85. The van der Waals surface area contributed by atoms with E-state index in [0.29, 0.717) is 0 Å². The van der Waals surface area contributed by atoms with Crippen LogP contribution in [0.15, 0.2) is 51.4 Å². The van der Waals surface area contributed by atoms with Crippen molar-refractivity contribution in [1.29, 1.82) is 0 Å². The van der Waals surface area contributed by atoms with Crippen molar-refractivity contribution in [2.45, 2.75) is 33.2 Å². The maximum absolute atomic E-state index is 6.14. The highest BCUT2D eigenvalue weighted by Gasteiger charge is 2.15. The largest absolute Gasteiger partial charge is 0.459 e. The van der Waals surface area contributed by atoms with Crippen LogP contribution < -0.4 is 5.32 Å². The van der Waals surface area contributed by atoms with Gasteiger partial charge in [-0.15, -0.1) is 0 Å². The van der Waals surface area contributed by atoms with Crippen molar-refractivity contribution < 1.29 is 4.42 Å². The van der Waals surface area contributed by atoms with Crippen molar-refractivity contribution in [2.24, 2.45) is 0 Å². The fourth-order valence-electron chi connectivity index (χ4n) is 2.82. The molecule has 0 amide bonds. The molecule has 3 aromatic rings. The lowest BCUT2D eigenvalue weighted by Crippen LogP contribution is -2.14. The van der Waals surface area contributed by atoms with Crippen LogP contribution in [-0.4, -0.2) is 6.54 Å². The molecule has 0 saturated carbocycles. The van der Waals surface area contributed by atoms with Gasteiger partial charge in [0.1, 0.15) is 11.3 Å². The number of hydrogen-bond acceptors (Lipinski definition) is 2. The van der Waals surface area contributed by atoms with Gasteiger partial charge in [-0.05, 0) is 49.7 Å². The van der Waals surface area contributed by atoms with E-state index < -0.39 is 0 Å². The van der Waals surface area contributed by atoms with E-state index in [2.05, 4.69) is 77.6 Å². The number of fused-ring (bicyclic) bond motifs is 1. The van der Waals surface area contributed by atoms with Gasteiger partial charge in [0.05, 0.1) is 6.54 Å². The lowest BCUT2D eigenvalue weighted by atomic mass is 10.0. The second-order valence-electron chi connectivity index (χ2n) is 5.94. The van der Waals surface area contributed by atoms with Crippen LogP contribution in [0.5, 0.6) is 0 Å². The van der Waals surface area contributed by atoms with E-state index in [9.17, 15) is 0 Å². The number of aryl methyl sites for hydroxylation is 1. The van der Waals surface area contributed by atoms with Crippen LogP contribution in [0.3, 0.4) is 0 Å². The quantitative estimate of drug-likeness (QED) is 0.532. The predicted molar refractivity (Wildman–Crippen MR) is 101 cm³/mol. The van der Waals surface area contributed by atoms with Gasteiger partial charge in [0.15, 0.2) is 0 Å². The Labute approximate surface area is 146 Å². The van der Waals surface area contributed by atoms with Gasteiger partial charge >= 0.3 is 0 Å². The summed E-state index contributed by atoms with van der Waals surface area (Å²) in [6.45, 7) is 6.11. The minimum atomic E-state index is 0.763. The first-order valence-electron chi connectivity index (χ1n) is 8.17. The molecule has 2 nitrogen and oxygen atoms in total. The molecule has 0 radical (unpaired) electrons. The fourth-order valence-corrected chi connectivity index (χ4v) is 3.09. The minimum Gasteiger partial charge on any atom is -0.459 e. The lowest BCUT2D eigenvalue weighted by Gasteiger charge is -2.06. The van der Waals surface area contributed by atoms with Crippen molar-refractivity contribution in [2.75, 3.05) is 6.54 Å². The third-order valence-electron chi connectivity index (χ3n) is 4.04. The van der Waals surface area contributed by atoms with E-state index in [4.69, 9.17) is 4.42 Å². The first-order valence-corrected chi connectivity index (χ1v) is 8.97. The van der Waals surface area contributed by atoms with E-state index >= 15 is 0 Å². The van der Waals surface area contributed by atoms with Crippen molar-refractivity contribution >= 4 is 26.9 Å². The number of benzene rings is 2. The predicted octanol–water partition coefficient (Wildman–Crippen LogP) is 6.06. The molecular weight excluding hydrogens is 350 g/mol. The van der Waals surface area contributed by atoms with E-state index in [1.807, 2.05) is 0 Å². The second kappa shape index (κ2) is 7.33. The summed E-state index contributed by atoms with van der Waals surface area (Å²) in [7, 11) is 0. The zero-order valence-corrected chi connectivity index (χ0v) is 15.2. The maximum Gasteiger partial charge on any atom is 0.135 e. The molecule has 3 rings (SSSR count). The summed E-state index contributed by atoms with van der Waals surface area (Å²) in [5, 5.41) is 4.69. The Kier molecular flexibility index (Phi) is 5.19. The van der Waals surface area contributed by atoms with E-state index in [1.54, 1.807) is 0 Å². The molecule has 0 fully saturated rings. The van der Waals surface area contributed by atoms with Crippen molar-refractivity contribution in [3.63, 3.8) is 0 Å². The molecule has 0 bridgehead atoms. The summed E-state index contributed by atoms with van der Waals surface area (Å²) in [4.78, 5) is 0. The highest BCUT2D eigenvalue weighted by Crippen LogP contribution is 2.36. The van der Waals surface area contributed by atoms with Crippen LogP contribution in [0.25, 0.3) is 22.1 Å². The van der Waals surface area contributed by atoms with Crippen LogP contribution in [0.2, 0.25) is 0 Å². The Hall–Kier alpha value is -1.58. The summed E-state index contributed by atoms with van der Waals surface area (Å²) in [5.74, 6) is 1.02. The normalized spacial score (nSPS) is 11.3. The van der Waals surface area contributed by atoms with Gasteiger partial charge in [0.25, 0.3) is 0 Å². The zero-order valence-electron chi connectivity index (χ0n) is 13.7. The Bertz CT molecular complexity index is 789. The SMILES string of the molecule is CCCCNCc1oc2ccc(C)cc2c1-c1ccc(Br)cc1. The van der Waals surface area contributed by atoms with E-state index in [0.717, 1.165) is 28.9 Å². The summed E-state index contributed by atoms with van der Waals surface area (Å²) in [6.07, 6.45) is 2.39. The molecule has 0 spiro atoms. The van der Waals surface area contributed by atoms with Gasteiger partial charge in [-0.25, -0.2) is 0 Å². The summed E-state index contributed by atoms with van der Waals surface area (Å²) < 4.78 is 7.24. The third-order valence-corrected chi connectivity index (χ3v) is 4.57. The molecule has 0 aliphatic heterocycles. The molecule has 2 aromatic carbocycles. The van der Waals surface area contributed by atoms with Crippen molar-refractivity contribution in [3.8, 4) is 11.1 Å². The molecule has 0 aliphatic rings. The molecule has 0 unspecified atom stereocenters. The molecule has 120 valence electrons. The molecule has 1 N–H and O–H groups in total. The monoisotopic (exact) mass is 371 g/mol. The molecule has 23 heavy (non-hydrogen) atoms. The number of furan rings is 1. The first kappa shape index (κ1) is 16.3. The molecular formula is C20H22BrNO. The maximum atomic E-state index is 6.14. The van der Waals surface area contributed by atoms with Crippen LogP contribution in [0.1, 0.15) is 31.1 Å². The Morgan fingerprint density at radius 3 is 2.61 bits per heavy atom. The standard InChI is InChI=1S/C20H22BrNO/c1-3-4-11-22-13-19-20(15-6-8-16(21)9-7-15)17-12-14(2)5-10-18(17)23-19/h5-10,12,22H,3-4,11,13H2,1-2H3. The third kappa shape index (κ3) is 3.67. The number of hydrogen-bond donors (Lipinski definition) is 1. The van der Waals surface area contributed by atoms with Gasteiger partial charge < -0.3 is 9.73 Å². The smallest absolute Gasteiger partial charge is 0.135 e. The van der Waals surface area contributed by atoms with Gasteiger partial charge in [0, 0.05) is 15.4 Å². The topological polar surface area (TPSA) is 25.2 Å².